The smallest absolute Gasteiger partial charge is 0.121 e. The van der Waals surface area contributed by atoms with Gasteiger partial charge < -0.3 is 5.32 Å². The first-order valence-corrected chi connectivity index (χ1v) is 5.12. The summed E-state index contributed by atoms with van der Waals surface area (Å²) in [4.78, 5) is 4.21. The van der Waals surface area contributed by atoms with Crippen LogP contribution < -0.4 is 5.32 Å². The SMILES string of the molecule is CC.CC1Nc2cccnc2S1. The zero-order chi connectivity index (χ0) is 8.97. The number of hydrogen-bond acceptors (Lipinski definition) is 3. The van der Waals surface area contributed by atoms with E-state index in [2.05, 4.69) is 23.3 Å². The molecule has 1 unspecified atom stereocenters. The number of nitrogens with zero attached hydrogens (tertiary/aromatic N) is 1. The molecular formula is C9H14N2S. The minimum atomic E-state index is 0.477. The maximum atomic E-state index is 4.21. The highest BCUT2D eigenvalue weighted by molar-refractivity contribution is 8.00. The Morgan fingerprint density at radius 3 is 2.92 bits per heavy atom. The fourth-order valence-electron chi connectivity index (χ4n) is 1.01. The highest BCUT2D eigenvalue weighted by Crippen LogP contribution is 2.35. The summed E-state index contributed by atoms with van der Waals surface area (Å²) < 4.78 is 0. The number of fused-ring (bicyclic) bond motifs is 1. The Bertz CT molecular complexity index is 225. The predicted octanol–water partition coefficient (Wildman–Crippen LogP) is 2.97. The van der Waals surface area contributed by atoms with Gasteiger partial charge >= 0.3 is 0 Å². The van der Waals surface area contributed by atoms with Gasteiger partial charge in [-0.2, -0.15) is 0 Å². The number of aromatic nitrogens is 1. The van der Waals surface area contributed by atoms with Crippen LogP contribution in [0.2, 0.25) is 0 Å². The van der Waals surface area contributed by atoms with Crippen molar-refractivity contribution in [2.45, 2.75) is 31.2 Å². The molecule has 1 N–H and O–H groups in total. The van der Waals surface area contributed by atoms with Gasteiger partial charge in [0.25, 0.3) is 0 Å². The van der Waals surface area contributed by atoms with Gasteiger partial charge in [-0.3, -0.25) is 0 Å². The van der Waals surface area contributed by atoms with E-state index in [4.69, 9.17) is 0 Å². The minimum absolute atomic E-state index is 0.477. The Morgan fingerprint density at radius 1 is 1.50 bits per heavy atom. The summed E-state index contributed by atoms with van der Waals surface area (Å²) >= 11 is 1.77. The van der Waals surface area contributed by atoms with Gasteiger partial charge in [-0.1, -0.05) is 25.6 Å². The van der Waals surface area contributed by atoms with Crippen LogP contribution in [0.4, 0.5) is 5.69 Å². The van der Waals surface area contributed by atoms with E-state index in [1.54, 1.807) is 11.8 Å². The van der Waals surface area contributed by atoms with Crippen molar-refractivity contribution < 1.29 is 0 Å². The molecule has 3 heteroatoms. The number of anilines is 1. The standard InChI is InChI=1S/C7H8N2S.C2H6/c1-5-9-6-3-2-4-8-7(6)10-5;1-2/h2-5,9H,1H3;1-2H3. The summed E-state index contributed by atoms with van der Waals surface area (Å²) in [6.45, 7) is 6.13. The van der Waals surface area contributed by atoms with Gasteiger partial charge in [0.15, 0.2) is 0 Å². The quantitative estimate of drug-likeness (QED) is 0.667. The van der Waals surface area contributed by atoms with Crippen LogP contribution in [0, 0.1) is 0 Å². The van der Waals surface area contributed by atoms with Gasteiger partial charge in [-0.05, 0) is 19.1 Å². The third kappa shape index (κ3) is 1.91. The van der Waals surface area contributed by atoms with Gasteiger partial charge in [-0.25, -0.2) is 4.98 Å². The second-order valence-electron chi connectivity index (χ2n) is 2.26. The summed E-state index contributed by atoms with van der Waals surface area (Å²) in [6.07, 6.45) is 1.82. The molecule has 0 spiro atoms. The first-order valence-electron chi connectivity index (χ1n) is 4.24. The van der Waals surface area contributed by atoms with Gasteiger partial charge in [-0.15, -0.1) is 0 Å². The molecule has 0 radical (unpaired) electrons. The topological polar surface area (TPSA) is 24.9 Å². The van der Waals surface area contributed by atoms with Gasteiger partial charge in [0.2, 0.25) is 0 Å². The van der Waals surface area contributed by atoms with E-state index >= 15 is 0 Å². The van der Waals surface area contributed by atoms with E-state index in [0.29, 0.717) is 5.37 Å². The van der Waals surface area contributed by atoms with Crippen molar-refractivity contribution in [2.24, 2.45) is 0 Å². The molecule has 0 aromatic carbocycles. The van der Waals surface area contributed by atoms with E-state index in [1.807, 2.05) is 26.1 Å². The van der Waals surface area contributed by atoms with Crippen molar-refractivity contribution in [3.63, 3.8) is 0 Å². The molecular weight excluding hydrogens is 168 g/mol. The zero-order valence-corrected chi connectivity index (χ0v) is 8.48. The Kier molecular flexibility index (Phi) is 3.41. The molecule has 1 aliphatic rings. The average Bonchev–Trinajstić information content (AvgIpc) is 2.48. The lowest BCUT2D eigenvalue weighted by Gasteiger charge is -1.98. The van der Waals surface area contributed by atoms with Crippen molar-refractivity contribution >= 4 is 17.4 Å². The normalized spacial score (nSPS) is 18.8. The van der Waals surface area contributed by atoms with Crippen LogP contribution in [-0.4, -0.2) is 10.4 Å². The summed E-state index contributed by atoms with van der Waals surface area (Å²) in [5.74, 6) is 0. The maximum absolute atomic E-state index is 4.21. The first-order chi connectivity index (χ1) is 5.86. The molecule has 0 aliphatic carbocycles. The van der Waals surface area contributed by atoms with Crippen molar-refractivity contribution in [1.82, 2.24) is 4.98 Å². The van der Waals surface area contributed by atoms with Gasteiger partial charge in [0.1, 0.15) is 5.03 Å². The van der Waals surface area contributed by atoms with Crippen LogP contribution in [0.25, 0.3) is 0 Å². The molecule has 1 aliphatic heterocycles. The highest BCUT2D eigenvalue weighted by atomic mass is 32.2. The van der Waals surface area contributed by atoms with E-state index in [1.165, 1.54) is 5.69 Å². The summed E-state index contributed by atoms with van der Waals surface area (Å²) in [5, 5.41) is 4.89. The first kappa shape index (κ1) is 9.39. The van der Waals surface area contributed by atoms with Crippen LogP contribution in [0.5, 0.6) is 0 Å². The van der Waals surface area contributed by atoms with Crippen LogP contribution in [0.3, 0.4) is 0 Å². The summed E-state index contributed by atoms with van der Waals surface area (Å²) in [7, 11) is 0. The van der Waals surface area contributed by atoms with Crippen molar-refractivity contribution in [1.29, 1.82) is 0 Å². The molecule has 0 saturated carbocycles. The monoisotopic (exact) mass is 182 g/mol. The lowest BCUT2D eigenvalue weighted by molar-refractivity contribution is 1.12. The van der Waals surface area contributed by atoms with Gasteiger partial charge in [0.05, 0.1) is 11.1 Å². The van der Waals surface area contributed by atoms with Crippen LogP contribution in [-0.2, 0) is 0 Å². The predicted molar refractivity (Wildman–Crippen MR) is 54.5 cm³/mol. The Hall–Kier alpha value is -0.700. The third-order valence-corrected chi connectivity index (χ3v) is 2.44. The number of thioether (sulfide) groups is 1. The van der Waals surface area contributed by atoms with Crippen LogP contribution in [0.1, 0.15) is 20.8 Å². The number of nitrogens with one attached hydrogen (secondary N) is 1. The largest absolute Gasteiger partial charge is 0.371 e. The van der Waals surface area contributed by atoms with Crippen molar-refractivity contribution in [2.75, 3.05) is 5.32 Å². The average molecular weight is 182 g/mol. The maximum Gasteiger partial charge on any atom is 0.121 e. The Morgan fingerprint density at radius 2 is 2.25 bits per heavy atom. The molecule has 66 valence electrons. The third-order valence-electron chi connectivity index (χ3n) is 1.42. The van der Waals surface area contributed by atoms with E-state index < -0.39 is 0 Å². The molecule has 0 saturated heterocycles. The Labute approximate surface area is 77.8 Å². The van der Waals surface area contributed by atoms with Crippen molar-refractivity contribution in [3.05, 3.63) is 18.3 Å². The molecule has 2 nitrogen and oxygen atoms in total. The second kappa shape index (κ2) is 4.36. The lowest BCUT2D eigenvalue weighted by atomic mass is 10.4. The molecule has 2 heterocycles. The fourth-order valence-corrected chi connectivity index (χ4v) is 1.91. The zero-order valence-electron chi connectivity index (χ0n) is 7.66. The number of rotatable bonds is 0. The lowest BCUT2D eigenvalue weighted by Crippen LogP contribution is -2.02. The molecule has 0 bridgehead atoms. The second-order valence-corrected chi connectivity index (χ2v) is 3.59. The molecule has 1 aromatic rings. The number of pyridine rings is 1. The molecule has 1 aromatic heterocycles. The van der Waals surface area contributed by atoms with E-state index in [0.717, 1.165) is 5.03 Å². The van der Waals surface area contributed by atoms with Crippen LogP contribution >= 0.6 is 11.8 Å². The highest BCUT2D eigenvalue weighted by Gasteiger charge is 2.16. The number of hydrogen-bond donors (Lipinski definition) is 1. The minimum Gasteiger partial charge on any atom is -0.371 e. The molecule has 0 fully saturated rings. The summed E-state index contributed by atoms with van der Waals surface area (Å²) in [6, 6.07) is 4.00. The molecule has 1 atom stereocenters. The van der Waals surface area contributed by atoms with E-state index in [9.17, 15) is 0 Å². The van der Waals surface area contributed by atoms with Crippen LogP contribution in [0.15, 0.2) is 23.4 Å². The molecule has 0 amide bonds. The Balaban J connectivity index is 0.000000336. The van der Waals surface area contributed by atoms with E-state index in [-0.39, 0.29) is 0 Å². The van der Waals surface area contributed by atoms with Crippen molar-refractivity contribution in [3.8, 4) is 0 Å². The molecule has 12 heavy (non-hydrogen) atoms. The summed E-state index contributed by atoms with van der Waals surface area (Å²) in [5.41, 5.74) is 1.17. The van der Waals surface area contributed by atoms with Gasteiger partial charge in [0, 0.05) is 6.20 Å². The fraction of sp³-hybridized carbons (Fsp3) is 0.444. The molecule has 2 rings (SSSR count).